The summed E-state index contributed by atoms with van der Waals surface area (Å²) < 4.78 is 6.06. The molecule has 2 amide bonds. The first-order valence-electron chi connectivity index (χ1n) is 8.35. The molecular weight excluding hydrogens is 380 g/mol. The van der Waals surface area contributed by atoms with Crippen molar-refractivity contribution in [3.8, 4) is 5.75 Å². The van der Waals surface area contributed by atoms with E-state index in [9.17, 15) is 9.59 Å². The molecule has 0 spiro atoms. The molecule has 0 saturated carbocycles. The van der Waals surface area contributed by atoms with Crippen molar-refractivity contribution in [1.82, 2.24) is 10.4 Å². The molecule has 1 aliphatic heterocycles. The SMILES string of the molecule is CC(C)Oc1ccccc1/C=C1\SC(=S)N(NC(=O)c2ccccc2)C1=O. The van der Waals surface area contributed by atoms with Crippen LogP contribution in [0.4, 0.5) is 0 Å². The van der Waals surface area contributed by atoms with Gasteiger partial charge in [-0.25, -0.2) is 0 Å². The second-order valence-corrected chi connectivity index (χ2v) is 7.70. The summed E-state index contributed by atoms with van der Waals surface area (Å²) in [5.41, 5.74) is 3.80. The van der Waals surface area contributed by atoms with Crippen molar-refractivity contribution in [3.05, 3.63) is 70.6 Å². The Morgan fingerprint density at radius 1 is 1.15 bits per heavy atom. The Morgan fingerprint density at radius 2 is 1.81 bits per heavy atom. The zero-order valence-corrected chi connectivity index (χ0v) is 16.5. The number of ether oxygens (including phenoxy) is 1. The summed E-state index contributed by atoms with van der Waals surface area (Å²) in [6, 6.07) is 16.1. The second kappa shape index (κ2) is 8.37. The van der Waals surface area contributed by atoms with Gasteiger partial charge < -0.3 is 4.74 Å². The highest BCUT2D eigenvalue weighted by Crippen LogP contribution is 2.33. The van der Waals surface area contributed by atoms with Crippen LogP contribution in [0.25, 0.3) is 6.08 Å². The van der Waals surface area contributed by atoms with Crippen LogP contribution in [0.3, 0.4) is 0 Å². The van der Waals surface area contributed by atoms with Gasteiger partial charge in [0.25, 0.3) is 11.8 Å². The van der Waals surface area contributed by atoms with E-state index in [2.05, 4.69) is 5.43 Å². The van der Waals surface area contributed by atoms with Crippen LogP contribution >= 0.6 is 24.0 Å². The molecule has 0 aliphatic carbocycles. The molecule has 1 fully saturated rings. The van der Waals surface area contributed by atoms with Crippen molar-refractivity contribution in [1.29, 1.82) is 0 Å². The molecule has 1 N–H and O–H groups in total. The first-order valence-corrected chi connectivity index (χ1v) is 9.58. The summed E-state index contributed by atoms with van der Waals surface area (Å²) in [5.74, 6) is -0.0728. The van der Waals surface area contributed by atoms with Gasteiger partial charge in [-0.1, -0.05) is 48.2 Å². The largest absolute Gasteiger partial charge is 0.490 e. The van der Waals surface area contributed by atoms with E-state index < -0.39 is 5.91 Å². The smallest absolute Gasteiger partial charge is 0.285 e. The topological polar surface area (TPSA) is 58.6 Å². The zero-order valence-electron chi connectivity index (χ0n) is 14.8. The second-order valence-electron chi connectivity index (χ2n) is 6.03. The van der Waals surface area contributed by atoms with Gasteiger partial charge in [0, 0.05) is 11.1 Å². The van der Waals surface area contributed by atoms with Gasteiger partial charge >= 0.3 is 0 Å². The highest BCUT2D eigenvalue weighted by molar-refractivity contribution is 8.26. The van der Waals surface area contributed by atoms with Crippen molar-refractivity contribution in [2.45, 2.75) is 20.0 Å². The molecule has 0 radical (unpaired) electrons. The first kappa shape index (κ1) is 19.1. The molecule has 0 aromatic heterocycles. The fourth-order valence-electron chi connectivity index (χ4n) is 2.42. The van der Waals surface area contributed by atoms with Crippen LogP contribution in [-0.2, 0) is 4.79 Å². The first-order chi connectivity index (χ1) is 13.0. The summed E-state index contributed by atoms with van der Waals surface area (Å²) in [6.45, 7) is 3.88. The lowest BCUT2D eigenvalue weighted by atomic mass is 10.2. The Balaban J connectivity index is 1.80. The average Bonchev–Trinajstić information content (AvgIpc) is 2.91. The summed E-state index contributed by atoms with van der Waals surface area (Å²) in [5, 5.41) is 1.10. The van der Waals surface area contributed by atoms with E-state index in [1.165, 1.54) is 0 Å². The number of amides is 2. The third kappa shape index (κ3) is 4.56. The average molecular weight is 399 g/mol. The van der Waals surface area contributed by atoms with Gasteiger partial charge in [0.1, 0.15) is 5.75 Å². The molecule has 1 aliphatic rings. The van der Waals surface area contributed by atoms with Gasteiger partial charge in [-0.15, -0.1) is 0 Å². The number of hydrazine groups is 1. The fourth-order valence-corrected chi connectivity index (χ4v) is 3.59. The van der Waals surface area contributed by atoms with E-state index in [4.69, 9.17) is 17.0 Å². The Labute approximate surface area is 167 Å². The van der Waals surface area contributed by atoms with Crippen molar-refractivity contribution in [2.24, 2.45) is 0 Å². The van der Waals surface area contributed by atoms with Crippen LogP contribution < -0.4 is 10.2 Å². The van der Waals surface area contributed by atoms with E-state index in [0.717, 1.165) is 22.3 Å². The van der Waals surface area contributed by atoms with E-state index in [-0.39, 0.29) is 16.3 Å². The maximum atomic E-state index is 12.7. The maximum Gasteiger partial charge on any atom is 0.285 e. The molecule has 2 aromatic carbocycles. The lowest BCUT2D eigenvalue weighted by Gasteiger charge is -2.15. The minimum absolute atomic E-state index is 0.0132. The Morgan fingerprint density at radius 3 is 2.52 bits per heavy atom. The number of para-hydroxylation sites is 1. The lowest BCUT2D eigenvalue weighted by Crippen LogP contribution is -2.44. The number of hydrogen-bond donors (Lipinski definition) is 1. The monoisotopic (exact) mass is 398 g/mol. The number of nitrogens with one attached hydrogen (secondary N) is 1. The van der Waals surface area contributed by atoms with E-state index in [0.29, 0.717) is 16.2 Å². The standard InChI is InChI=1S/C20H18N2O3S2/c1-13(2)25-16-11-7-6-10-15(16)12-17-19(24)22(20(26)27-17)21-18(23)14-8-4-3-5-9-14/h3-13H,1-2H3,(H,21,23)/b17-12-. The van der Waals surface area contributed by atoms with Crippen LogP contribution in [0.15, 0.2) is 59.5 Å². The Bertz CT molecular complexity index is 910. The number of hydrogen-bond acceptors (Lipinski definition) is 5. The van der Waals surface area contributed by atoms with Gasteiger partial charge in [0.05, 0.1) is 11.0 Å². The number of thioether (sulfide) groups is 1. The fraction of sp³-hybridized carbons (Fsp3) is 0.150. The van der Waals surface area contributed by atoms with E-state index in [1.807, 2.05) is 44.2 Å². The van der Waals surface area contributed by atoms with Gasteiger partial charge in [0.15, 0.2) is 4.32 Å². The number of nitrogens with zero attached hydrogens (tertiary/aromatic N) is 1. The van der Waals surface area contributed by atoms with Gasteiger partial charge in [-0.2, -0.15) is 5.01 Å². The van der Waals surface area contributed by atoms with Crippen molar-refractivity contribution < 1.29 is 14.3 Å². The van der Waals surface area contributed by atoms with Gasteiger partial charge in [-0.05, 0) is 50.3 Å². The zero-order chi connectivity index (χ0) is 19.4. The van der Waals surface area contributed by atoms with Crippen LogP contribution in [-0.4, -0.2) is 27.2 Å². The summed E-state index contributed by atoms with van der Waals surface area (Å²) in [4.78, 5) is 25.5. The molecule has 0 unspecified atom stereocenters. The summed E-state index contributed by atoms with van der Waals surface area (Å²) in [7, 11) is 0. The van der Waals surface area contributed by atoms with Crippen LogP contribution in [0.1, 0.15) is 29.8 Å². The molecule has 1 heterocycles. The van der Waals surface area contributed by atoms with Gasteiger partial charge in [0.2, 0.25) is 0 Å². The highest BCUT2D eigenvalue weighted by atomic mass is 32.2. The van der Waals surface area contributed by atoms with E-state index in [1.54, 1.807) is 30.3 Å². The molecule has 7 heteroatoms. The number of rotatable bonds is 5. The normalized spacial score (nSPS) is 15.5. The molecular formula is C20H18N2O3S2. The van der Waals surface area contributed by atoms with Crippen molar-refractivity contribution >= 4 is 46.2 Å². The third-order valence-electron chi connectivity index (χ3n) is 3.61. The summed E-state index contributed by atoms with van der Waals surface area (Å²) >= 11 is 6.40. The molecule has 0 atom stereocenters. The molecule has 138 valence electrons. The Kier molecular flexibility index (Phi) is 5.93. The Hall–Kier alpha value is -2.64. The minimum atomic E-state index is -0.392. The quantitative estimate of drug-likeness (QED) is 0.609. The highest BCUT2D eigenvalue weighted by Gasteiger charge is 2.34. The lowest BCUT2D eigenvalue weighted by molar-refractivity contribution is -0.123. The van der Waals surface area contributed by atoms with E-state index >= 15 is 0 Å². The van der Waals surface area contributed by atoms with Crippen LogP contribution in [0, 0.1) is 0 Å². The molecule has 5 nitrogen and oxygen atoms in total. The predicted octanol–water partition coefficient (Wildman–Crippen LogP) is 4.02. The maximum absolute atomic E-state index is 12.7. The van der Waals surface area contributed by atoms with Crippen LogP contribution in [0.5, 0.6) is 5.75 Å². The minimum Gasteiger partial charge on any atom is -0.490 e. The van der Waals surface area contributed by atoms with Crippen molar-refractivity contribution in [2.75, 3.05) is 0 Å². The number of carbonyl (C=O) groups is 2. The predicted molar refractivity (Wildman–Crippen MR) is 111 cm³/mol. The number of thiocarbonyl (C=S) groups is 1. The molecule has 0 bridgehead atoms. The molecule has 27 heavy (non-hydrogen) atoms. The van der Waals surface area contributed by atoms with Crippen molar-refractivity contribution in [3.63, 3.8) is 0 Å². The number of benzene rings is 2. The third-order valence-corrected chi connectivity index (χ3v) is 4.91. The van der Waals surface area contributed by atoms with Gasteiger partial charge in [-0.3, -0.25) is 15.0 Å². The molecule has 2 aromatic rings. The summed E-state index contributed by atoms with van der Waals surface area (Å²) in [6.07, 6.45) is 1.74. The molecule has 3 rings (SSSR count). The molecule has 1 saturated heterocycles. The van der Waals surface area contributed by atoms with Crippen LogP contribution in [0.2, 0.25) is 0 Å². The number of carbonyl (C=O) groups excluding carboxylic acids is 2.